The maximum atomic E-state index is 12.2. The van der Waals surface area contributed by atoms with Crippen molar-refractivity contribution in [2.24, 2.45) is 0 Å². The Labute approximate surface area is 392 Å². The molecule has 350 valence electrons. The van der Waals surface area contributed by atoms with E-state index >= 15 is 0 Å². The number of hydrogen-bond donors (Lipinski definition) is 6. The zero-order valence-electron chi connectivity index (χ0n) is 37.1. The van der Waals surface area contributed by atoms with Crippen molar-refractivity contribution >= 4 is 59.1 Å². The number of carboxylic acids is 2. The molecule has 4 aromatic rings. The molecule has 4 saturated heterocycles. The fraction of sp³-hybridized carbons (Fsp3) is 0.375. The molecule has 8 rings (SSSR count). The van der Waals surface area contributed by atoms with Gasteiger partial charge in [0.2, 0.25) is 11.8 Å². The van der Waals surface area contributed by atoms with Gasteiger partial charge in [-0.25, -0.2) is 9.59 Å². The van der Waals surface area contributed by atoms with E-state index in [1.54, 1.807) is 76.2 Å². The second-order valence-electron chi connectivity index (χ2n) is 16.8. The van der Waals surface area contributed by atoms with Crippen molar-refractivity contribution in [1.29, 1.82) is 0 Å². The van der Waals surface area contributed by atoms with E-state index in [0.717, 1.165) is 26.2 Å². The number of carbonyl (C=O) groups excluding carboxylic acids is 4. The molecule has 4 fully saturated rings. The highest BCUT2D eigenvalue weighted by Gasteiger charge is 2.65. The van der Waals surface area contributed by atoms with Crippen molar-refractivity contribution in [3.05, 3.63) is 132 Å². The Bertz CT molecular complexity index is 2130. The number of nitrogens with zero attached hydrogens (tertiary/aromatic N) is 2. The van der Waals surface area contributed by atoms with Crippen LogP contribution in [-0.4, -0.2) is 126 Å². The van der Waals surface area contributed by atoms with Gasteiger partial charge in [0.25, 0.3) is 11.8 Å². The Morgan fingerprint density at radius 3 is 1.18 bits per heavy atom. The first-order valence-electron chi connectivity index (χ1n) is 21.5. The molecule has 0 aromatic heterocycles. The van der Waals surface area contributed by atoms with E-state index in [2.05, 4.69) is 69.8 Å². The molecule has 0 bridgehead atoms. The molecule has 6 unspecified atom stereocenters. The van der Waals surface area contributed by atoms with Crippen LogP contribution in [0, 0.1) is 0 Å². The normalized spacial score (nSPS) is 22.6. The van der Waals surface area contributed by atoms with Gasteiger partial charge in [0.15, 0.2) is 13.2 Å². The van der Waals surface area contributed by atoms with Crippen molar-refractivity contribution in [2.75, 3.05) is 26.3 Å². The van der Waals surface area contributed by atoms with E-state index in [4.69, 9.17) is 9.47 Å². The number of nitrogens with one attached hydrogen (secondary N) is 4. The standard InChI is InChI=1S/2C16H18N2O5S.C16H20N2/c2*1-16(2)12(15(21)22)18-13(20)11(14(18)24-16)17-10(19)8-23-9-6-4-3-5-7-9;1-3-7-15(8-4-1)13-17-11-12-18-14-16-9-5-2-6-10-16/h2*3-7,11-12,14H,8H2,1-2H3,(H,17,19)(H,21,22);1-10,17-18H,11-14H2. The van der Waals surface area contributed by atoms with E-state index in [1.807, 2.05) is 24.3 Å². The minimum atomic E-state index is -1.03. The summed E-state index contributed by atoms with van der Waals surface area (Å²) in [5.74, 6) is -2.46. The van der Waals surface area contributed by atoms with Gasteiger partial charge in [0.1, 0.15) is 46.4 Å². The summed E-state index contributed by atoms with van der Waals surface area (Å²) in [5, 5.41) is 30.1. The van der Waals surface area contributed by atoms with E-state index in [9.17, 15) is 39.0 Å². The van der Waals surface area contributed by atoms with E-state index in [1.165, 1.54) is 44.5 Å². The topological polar surface area (TPSA) is 216 Å². The number of hydrogen-bond acceptors (Lipinski definition) is 12. The number of amides is 4. The van der Waals surface area contributed by atoms with Crippen LogP contribution < -0.4 is 30.7 Å². The number of para-hydroxylation sites is 2. The zero-order valence-corrected chi connectivity index (χ0v) is 38.8. The molecule has 4 aromatic carbocycles. The van der Waals surface area contributed by atoms with Gasteiger partial charge in [-0.05, 0) is 63.1 Å². The number of rotatable bonds is 17. The quantitative estimate of drug-likeness (QED) is 0.0654. The summed E-state index contributed by atoms with van der Waals surface area (Å²) < 4.78 is 9.48. The molecule has 16 nitrogen and oxygen atoms in total. The molecule has 18 heteroatoms. The summed E-state index contributed by atoms with van der Waals surface area (Å²) in [6, 6.07) is 35.6. The van der Waals surface area contributed by atoms with Crippen LogP contribution in [0.3, 0.4) is 0 Å². The monoisotopic (exact) mass is 940 g/mol. The number of thioether (sulfide) groups is 2. The SMILES string of the molecule is CC1(C)SC2C(NC(=O)COc3ccccc3)C(=O)N2C1C(=O)O.CC1(C)SC2C(NC(=O)COc3ccccc3)C(=O)N2C1C(=O)O.c1ccc(CNCCNCc2ccccc2)cc1. The highest BCUT2D eigenvalue weighted by atomic mass is 32.2. The molecular weight excluding hydrogens is 885 g/mol. The predicted molar refractivity (Wildman–Crippen MR) is 251 cm³/mol. The molecule has 4 amide bonds. The van der Waals surface area contributed by atoms with Gasteiger partial charge in [0, 0.05) is 35.7 Å². The fourth-order valence-corrected chi connectivity index (χ4v) is 11.1. The molecule has 0 spiro atoms. The number of ether oxygens (including phenoxy) is 2. The lowest BCUT2D eigenvalue weighted by molar-refractivity contribution is -0.161. The predicted octanol–water partition coefficient (Wildman–Crippen LogP) is 3.96. The molecule has 4 aliphatic rings. The molecule has 66 heavy (non-hydrogen) atoms. The largest absolute Gasteiger partial charge is 0.484 e. The van der Waals surface area contributed by atoms with Gasteiger partial charge in [-0.2, -0.15) is 0 Å². The smallest absolute Gasteiger partial charge is 0.327 e. The Kier molecular flexibility index (Phi) is 16.8. The third-order valence-electron chi connectivity index (χ3n) is 11.0. The highest BCUT2D eigenvalue weighted by molar-refractivity contribution is 8.02. The van der Waals surface area contributed by atoms with Crippen LogP contribution in [0.25, 0.3) is 0 Å². The summed E-state index contributed by atoms with van der Waals surface area (Å²) in [5.41, 5.74) is 2.67. The molecular formula is C48H56N6O10S2. The zero-order chi connectivity index (χ0) is 47.4. The number of β-lactam (4-membered cyclic amide) rings is 2. The minimum absolute atomic E-state index is 0.197. The van der Waals surface area contributed by atoms with Crippen molar-refractivity contribution < 1.29 is 48.5 Å². The summed E-state index contributed by atoms with van der Waals surface area (Å²) in [6.45, 7) is 10.6. The van der Waals surface area contributed by atoms with E-state index < -0.39 is 57.4 Å². The Morgan fingerprint density at radius 2 is 0.864 bits per heavy atom. The molecule has 6 atom stereocenters. The highest BCUT2D eigenvalue weighted by Crippen LogP contribution is 2.51. The summed E-state index contributed by atoms with van der Waals surface area (Å²) >= 11 is 2.78. The number of aliphatic carboxylic acids is 2. The van der Waals surface area contributed by atoms with Crippen LogP contribution in [0.5, 0.6) is 11.5 Å². The van der Waals surface area contributed by atoms with Gasteiger partial charge in [-0.3, -0.25) is 19.2 Å². The van der Waals surface area contributed by atoms with Crippen LogP contribution in [0.2, 0.25) is 0 Å². The van der Waals surface area contributed by atoms with Crippen molar-refractivity contribution in [3.63, 3.8) is 0 Å². The third kappa shape index (κ3) is 12.4. The van der Waals surface area contributed by atoms with Crippen molar-refractivity contribution in [1.82, 2.24) is 31.1 Å². The summed E-state index contributed by atoms with van der Waals surface area (Å²) in [6.07, 6.45) is 0. The van der Waals surface area contributed by atoms with Crippen LogP contribution in [-0.2, 0) is 41.9 Å². The number of carbonyl (C=O) groups is 6. The average molecular weight is 941 g/mol. The molecule has 4 aliphatic heterocycles. The molecule has 4 heterocycles. The molecule has 0 saturated carbocycles. The number of carboxylic acid groups (broad SMARTS) is 2. The maximum absolute atomic E-state index is 12.2. The van der Waals surface area contributed by atoms with Gasteiger partial charge >= 0.3 is 11.9 Å². The number of benzene rings is 4. The first-order chi connectivity index (χ1) is 31.6. The fourth-order valence-electron chi connectivity index (χ4n) is 7.89. The first kappa shape index (κ1) is 49.4. The van der Waals surface area contributed by atoms with Gasteiger partial charge in [-0.15, -0.1) is 23.5 Å². The van der Waals surface area contributed by atoms with Gasteiger partial charge < -0.3 is 50.8 Å². The van der Waals surface area contributed by atoms with E-state index in [0.29, 0.717) is 11.5 Å². The van der Waals surface area contributed by atoms with Crippen LogP contribution >= 0.6 is 23.5 Å². The van der Waals surface area contributed by atoms with Gasteiger partial charge in [0.05, 0.1) is 0 Å². The van der Waals surface area contributed by atoms with Crippen LogP contribution in [0.1, 0.15) is 38.8 Å². The summed E-state index contributed by atoms with van der Waals surface area (Å²) in [4.78, 5) is 74.0. The lowest BCUT2D eigenvalue weighted by atomic mass is 9.96. The van der Waals surface area contributed by atoms with Crippen molar-refractivity contribution in [2.45, 2.75) is 85.2 Å². The first-order valence-corrected chi connectivity index (χ1v) is 23.2. The Hall–Kier alpha value is -6.08. The average Bonchev–Trinajstić information content (AvgIpc) is 3.73. The maximum Gasteiger partial charge on any atom is 0.327 e. The van der Waals surface area contributed by atoms with Crippen molar-refractivity contribution in [3.8, 4) is 11.5 Å². The Morgan fingerprint density at radius 1 is 0.545 bits per heavy atom. The third-order valence-corrected chi connectivity index (χ3v) is 14.2. The Balaban J connectivity index is 0.000000166. The minimum Gasteiger partial charge on any atom is -0.484 e. The second-order valence-corrected chi connectivity index (χ2v) is 20.4. The van der Waals surface area contributed by atoms with Crippen LogP contribution in [0.4, 0.5) is 0 Å². The van der Waals surface area contributed by atoms with Gasteiger partial charge in [-0.1, -0.05) is 97.1 Å². The lowest BCUT2D eigenvalue weighted by Crippen LogP contribution is -2.70. The lowest BCUT2D eigenvalue weighted by Gasteiger charge is -2.43. The molecule has 0 radical (unpaired) electrons. The molecule has 0 aliphatic carbocycles. The van der Waals surface area contributed by atoms with Crippen LogP contribution in [0.15, 0.2) is 121 Å². The molecule has 6 N–H and O–H groups in total. The summed E-state index contributed by atoms with van der Waals surface area (Å²) in [7, 11) is 0. The van der Waals surface area contributed by atoms with E-state index in [-0.39, 0.29) is 35.8 Å². The number of fused-ring (bicyclic) bond motifs is 2. The second kappa shape index (κ2) is 22.4.